The van der Waals surface area contributed by atoms with Gasteiger partial charge >= 0.3 is 11.9 Å². The van der Waals surface area contributed by atoms with E-state index in [0.717, 1.165) is 26.2 Å². The first kappa shape index (κ1) is 93.3. The number of carboxylic acids is 2. The van der Waals surface area contributed by atoms with Gasteiger partial charge in [-0.3, -0.25) is 86.5 Å². The van der Waals surface area contributed by atoms with Gasteiger partial charge < -0.3 is 108 Å². The summed E-state index contributed by atoms with van der Waals surface area (Å²) in [7, 11) is 0. The third-order valence-electron chi connectivity index (χ3n) is 18.6. The molecule has 1 aliphatic heterocycles. The summed E-state index contributed by atoms with van der Waals surface area (Å²) < 4.78 is 0. The second kappa shape index (κ2) is 47.7. The summed E-state index contributed by atoms with van der Waals surface area (Å²) >= 11 is 0. The van der Waals surface area contributed by atoms with Crippen LogP contribution in [-0.2, 0) is 81.5 Å². The number of hydrogen-bond donors (Lipinski definition) is 20. The van der Waals surface area contributed by atoms with Crippen LogP contribution in [0, 0.1) is 23.7 Å². The lowest BCUT2D eigenvalue weighted by Gasteiger charge is -2.31. The van der Waals surface area contributed by atoms with Crippen molar-refractivity contribution < 1.29 is 91.7 Å². The van der Waals surface area contributed by atoms with Crippen molar-refractivity contribution >= 4 is 107 Å². The van der Waals surface area contributed by atoms with E-state index in [1.165, 1.54) is 13.8 Å². The molecule has 0 radical (unpaired) electrons. The minimum Gasteiger partial charge on any atom is -0.481 e. The second-order valence-electron chi connectivity index (χ2n) is 28.7. The third kappa shape index (κ3) is 35.5. The molecule has 0 spiro atoms. The molecule has 2 fully saturated rings. The number of rotatable bonds is 41. The Hall–Kier alpha value is -9.78. The molecule has 107 heavy (non-hydrogen) atoms. The zero-order chi connectivity index (χ0) is 80.8. The Labute approximate surface area is 624 Å². The molecule has 0 unspecified atom stereocenters. The van der Waals surface area contributed by atoms with Crippen LogP contribution in [0.1, 0.15) is 210 Å². The number of amides is 15. The maximum Gasteiger partial charge on any atom is 0.305 e. The number of carbonyl (C=O) groups excluding carboxylic acids is 15. The van der Waals surface area contributed by atoms with Crippen LogP contribution in [-0.4, -0.2) is 208 Å². The van der Waals surface area contributed by atoms with Crippen molar-refractivity contribution in [3.05, 3.63) is 0 Å². The Balaban J connectivity index is 2.65. The van der Waals surface area contributed by atoms with E-state index in [0.29, 0.717) is 32.1 Å². The second-order valence-corrected chi connectivity index (χ2v) is 28.7. The minimum absolute atomic E-state index is 0.00380. The van der Waals surface area contributed by atoms with Crippen molar-refractivity contribution in [1.82, 2.24) is 69.1 Å². The molecule has 38 nitrogen and oxygen atoms in total. The zero-order valence-corrected chi connectivity index (χ0v) is 63.2. The van der Waals surface area contributed by atoms with Gasteiger partial charge in [0.05, 0.1) is 12.8 Å². The number of unbranched alkanes of at least 4 members (excludes halogenated alkanes) is 1. The van der Waals surface area contributed by atoms with Gasteiger partial charge in [0.25, 0.3) is 0 Å². The smallest absolute Gasteiger partial charge is 0.305 e. The molecular formula is C69H119N19O19. The molecule has 0 bridgehead atoms. The Bertz CT molecular complexity index is 3110. The summed E-state index contributed by atoms with van der Waals surface area (Å²) in [6, 6.07) is -16.7. The molecule has 2 rings (SSSR count). The SMILES string of the molecule is CC[C@H](C)[C@H](NC(=O)[C@@H](NC(=O)[C@H](CC(=O)O)NC(=O)[C@H](CC1CCCCC1)NC(=O)[C@H](CC(C)C)NC(=O)[C@H](CCCCN)NC(=O)[C@H](CCCN=C(N)N)NC(=O)[C@H](CC(N)=O)NC(=O)[C@@H]1CCCCNC(=O)CC[C@H](NC(C)=O)C(=O)NC(C)(C)C(=O)N[C@@H](CCC(=O)O)C(=O)N1)[C@@H](C)CC)C(N)=O. The number of nitrogens with zero attached hydrogens (tertiary/aromatic N) is 1. The van der Waals surface area contributed by atoms with Crippen molar-refractivity contribution in [2.24, 2.45) is 57.3 Å². The topological polar surface area (TPSA) is 629 Å². The van der Waals surface area contributed by atoms with E-state index < -0.39 is 210 Å². The third-order valence-corrected chi connectivity index (χ3v) is 18.6. The van der Waals surface area contributed by atoms with Gasteiger partial charge in [0.1, 0.15) is 72.0 Å². The average Bonchev–Trinajstić information content (AvgIpc) is 0.847. The Morgan fingerprint density at radius 3 is 1.65 bits per heavy atom. The lowest BCUT2D eigenvalue weighted by molar-refractivity contribution is -0.142. The molecule has 38 heteroatoms. The van der Waals surface area contributed by atoms with Crippen LogP contribution in [0.3, 0.4) is 0 Å². The molecule has 1 heterocycles. The molecule has 0 aromatic heterocycles. The highest BCUT2D eigenvalue weighted by Gasteiger charge is 2.41. The van der Waals surface area contributed by atoms with E-state index in [2.05, 4.69) is 74.1 Å². The fraction of sp³-hybridized carbons (Fsp3) is 0.739. The maximum atomic E-state index is 14.8. The molecule has 13 atom stereocenters. The van der Waals surface area contributed by atoms with Crippen LogP contribution < -0.4 is 97.8 Å². The number of carboxylic acid groups (broad SMARTS) is 2. The van der Waals surface area contributed by atoms with Gasteiger partial charge in [0, 0.05) is 32.9 Å². The highest BCUT2D eigenvalue weighted by atomic mass is 16.4. The molecular weight excluding hydrogens is 1400 g/mol. The van der Waals surface area contributed by atoms with E-state index in [4.69, 9.17) is 28.7 Å². The largest absolute Gasteiger partial charge is 0.481 e. The normalized spacial score (nSPS) is 19.6. The maximum absolute atomic E-state index is 14.8. The first-order valence-corrected chi connectivity index (χ1v) is 36.9. The predicted molar refractivity (Wildman–Crippen MR) is 390 cm³/mol. The fourth-order valence-electron chi connectivity index (χ4n) is 12.0. The van der Waals surface area contributed by atoms with Gasteiger partial charge in [-0.1, -0.05) is 86.5 Å². The van der Waals surface area contributed by atoms with Crippen molar-refractivity contribution in [2.45, 2.75) is 282 Å². The van der Waals surface area contributed by atoms with Crippen molar-refractivity contribution in [2.75, 3.05) is 19.6 Å². The van der Waals surface area contributed by atoms with Gasteiger partial charge in [-0.15, -0.1) is 0 Å². The monoisotopic (exact) mass is 1520 g/mol. The van der Waals surface area contributed by atoms with Crippen LogP contribution in [0.2, 0.25) is 0 Å². The van der Waals surface area contributed by atoms with Crippen LogP contribution in [0.25, 0.3) is 0 Å². The number of guanidine groups is 1. The highest BCUT2D eigenvalue weighted by Crippen LogP contribution is 2.28. The Kier molecular flexibility index (Phi) is 41.6. The Morgan fingerprint density at radius 1 is 0.579 bits per heavy atom. The van der Waals surface area contributed by atoms with E-state index in [1.54, 1.807) is 41.5 Å². The lowest BCUT2D eigenvalue weighted by atomic mass is 9.84. The van der Waals surface area contributed by atoms with Crippen molar-refractivity contribution in [3.63, 3.8) is 0 Å². The number of aliphatic carboxylic acids is 2. The highest BCUT2D eigenvalue weighted by molar-refractivity contribution is 6.01. The van der Waals surface area contributed by atoms with Crippen LogP contribution >= 0.6 is 0 Å². The number of hydrogen-bond acceptors (Lipinski definition) is 19. The number of nitrogens with two attached hydrogens (primary N) is 5. The van der Waals surface area contributed by atoms with Gasteiger partial charge in [-0.05, 0) is 121 Å². The first-order valence-electron chi connectivity index (χ1n) is 36.9. The number of primary amides is 2. The molecule has 25 N–H and O–H groups in total. The van der Waals surface area contributed by atoms with E-state index in [1.807, 2.05) is 0 Å². The van der Waals surface area contributed by atoms with Crippen molar-refractivity contribution in [3.8, 4) is 0 Å². The van der Waals surface area contributed by atoms with Crippen LogP contribution in [0.4, 0.5) is 0 Å². The summed E-state index contributed by atoms with van der Waals surface area (Å²) in [5.41, 5.74) is 26.4. The molecule has 604 valence electrons. The van der Waals surface area contributed by atoms with E-state index >= 15 is 0 Å². The van der Waals surface area contributed by atoms with Crippen LogP contribution in [0.5, 0.6) is 0 Å². The summed E-state index contributed by atoms with van der Waals surface area (Å²) in [4.78, 5) is 236. The standard InChI is InChI=1S/C69H119N19O19/c1-10-37(5)54(56(72)96)86-66(106)55(38(6)11-2)87-64(104)49(35-53(94)95)84-62(102)47(33-40-20-13-12-14-21-40)82-61(101)46(32-36(3)4)81-58(98)41(22-15-17-29-70)78-57(97)43(24-19-31-76-68(73)74)80-63(103)48(34-50(71)90)83-59(99)42-23-16-18-30-75-51(91)27-25-45(77-39(7)89)65(105)88-69(8,9)67(107)85-44(60(100)79-42)26-28-52(92)93/h36-38,40-49,54-55H,10-35,70H2,1-9H3,(H2,71,90)(H2,72,96)(H,75,91)(H,77,89)(H,78,97)(H,79,100)(H,80,103)(H,81,98)(H,82,101)(H,83,99)(H,84,102)(H,85,107)(H,86,106)(H,87,104)(H,88,105)(H,92,93)(H,94,95)(H4,73,74,76)/t37-,38-,41-,42-,43-,44-,45-,46-,47-,48-,49-,54-,55-/m0/s1. The van der Waals surface area contributed by atoms with Gasteiger partial charge in [-0.2, -0.15) is 0 Å². The molecule has 15 amide bonds. The molecule has 0 aromatic carbocycles. The summed E-state index contributed by atoms with van der Waals surface area (Å²) in [5.74, 6) is -18.6. The zero-order valence-electron chi connectivity index (χ0n) is 63.2. The van der Waals surface area contributed by atoms with Crippen LogP contribution in [0.15, 0.2) is 4.99 Å². The van der Waals surface area contributed by atoms with Crippen molar-refractivity contribution in [1.29, 1.82) is 0 Å². The molecule has 1 aliphatic carbocycles. The lowest BCUT2D eigenvalue weighted by Crippen LogP contribution is -2.63. The average molecular weight is 1520 g/mol. The van der Waals surface area contributed by atoms with Gasteiger partial charge in [0.2, 0.25) is 88.6 Å². The molecule has 0 aromatic rings. The van der Waals surface area contributed by atoms with Gasteiger partial charge in [0.15, 0.2) is 5.96 Å². The number of aliphatic imine (C=N–C) groups is 1. The quantitative estimate of drug-likeness (QED) is 0.0159. The number of nitrogens with one attached hydrogen (secondary N) is 13. The Morgan fingerprint density at radius 2 is 1.10 bits per heavy atom. The summed E-state index contributed by atoms with van der Waals surface area (Å²) in [6.07, 6.45) is 1.09. The summed E-state index contributed by atoms with van der Waals surface area (Å²) in [5, 5.41) is 52.8. The van der Waals surface area contributed by atoms with Gasteiger partial charge in [-0.25, -0.2) is 0 Å². The molecule has 1 saturated heterocycles. The van der Waals surface area contributed by atoms with E-state index in [9.17, 15) is 91.7 Å². The summed E-state index contributed by atoms with van der Waals surface area (Å²) in [6.45, 7) is 14.1. The van der Waals surface area contributed by atoms with E-state index in [-0.39, 0.29) is 108 Å². The molecule has 1 saturated carbocycles. The first-order chi connectivity index (χ1) is 50.2. The number of carbonyl (C=O) groups is 17. The molecule has 2 aliphatic rings. The fourth-order valence-corrected chi connectivity index (χ4v) is 12.0. The predicted octanol–water partition coefficient (Wildman–Crippen LogP) is -3.69. The minimum atomic E-state index is -1.91.